The molecule has 0 N–H and O–H groups in total. The fourth-order valence-electron chi connectivity index (χ4n) is 2.05. The van der Waals surface area contributed by atoms with Gasteiger partial charge >= 0.3 is 0 Å². The molecule has 0 aliphatic carbocycles. The lowest BCUT2D eigenvalue weighted by Crippen LogP contribution is -2.03. The Morgan fingerprint density at radius 2 is 1.00 bits per heavy atom. The summed E-state index contributed by atoms with van der Waals surface area (Å²) in [5.41, 5.74) is 0. The number of ketones is 2. The number of halogens is 2. The Labute approximate surface area is 210 Å². The Morgan fingerprint density at radius 1 is 0.613 bits per heavy atom. The van der Waals surface area contributed by atoms with Crippen LogP contribution in [0.25, 0.3) is 0 Å². The maximum Gasteiger partial charge on any atom is 0.224 e. The minimum atomic E-state index is -0.490. The van der Waals surface area contributed by atoms with Gasteiger partial charge in [-0.3, -0.25) is 19.2 Å². The third-order valence-electron chi connectivity index (χ3n) is 3.49. The van der Waals surface area contributed by atoms with Crippen LogP contribution >= 0.6 is 55.9 Å². The highest BCUT2D eigenvalue weighted by Gasteiger charge is 2.13. The maximum absolute atomic E-state index is 11.7. The van der Waals surface area contributed by atoms with Crippen LogP contribution < -0.4 is 0 Å². The number of unbranched alkanes of at least 4 members (excludes halogenated alkanes) is 4. The van der Waals surface area contributed by atoms with E-state index in [0.29, 0.717) is 24.1 Å². The van der Waals surface area contributed by atoms with Crippen molar-refractivity contribution in [2.75, 3.05) is 10.7 Å². The van der Waals surface area contributed by atoms with E-state index in [1.807, 2.05) is 12.2 Å². The third kappa shape index (κ3) is 22.3. The predicted octanol–water partition coefficient (Wildman–Crippen LogP) is 6.63. The maximum atomic E-state index is 11.7. The van der Waals surface area contributed by atoms with Gasteiger partial charge in [-0.1, -0.05) is 68.3 Å². The average molecular weight is 596 g/mol. The molecule has 0 atom stereocenters. The number of rotatable bonds is 18. The van der Waals surface area contributed by atoms with Crippen LogP contribution in [0.1, 0.15) is 51.4 Å². The third-order valence-corrected chi connectivity index (χ3v) is 5.45. The Kier molecular flexibility index (Phi) is 21.9. The zero-order chi connectivity index (χ0) is 23.2. The molecule has 0 rings (SSSR count). The lowest BCUT2D eigenvalue weighted by atomic mass is 10.2. The summed E-state index contributed by atoms with van der Waals surface area (Å²) in [7, 11) is 0. The van der Waals surface area contributed by atoms with Crippen molar-refractivity contribution in [2.45, 2.75) is 51.4 Å². The molecule has 0 aliphatic heterocycles. The summed E-state index contributed by atoms with van der Waals surface area (Å²) in [4.78, 5) is 46.8. The fraction of sp³-hybridized carbons (Fsp3) is 0.455. The van der Waals surface area contributed by atoms with Gasteiger partial charge in [0.2, 0.25) is 10.2 Å². The van der Waals surface area contributed by atoms with Crippen molar-refractivity contribution in [1.29, 1.82) is 0 Å². The van der Waals surface area contributed by atoms with Crippen molar-refractivity contribution in [3.05, 3.63) is 48.6 Å². The van der Waals surface area contributed by atoms with Crippen molar-refractivity contribution in [3.8, 4) is 0 Å². The van der Waals surface area contributed by atoms with E-state index in [9.17, 15) is 19.2 Å². The first-order valence-electron chi connectivity index (χ1n) is 9.87. The first-order valence-corrected chi connectivity index (χ1v) is 13.6. The van der Waals surface area contributed by atoms with E-state index in [0.717, 1.165) is 49.2 Å². The average Bonchev–Trinajstić information content (AvgIpc) is 2.72. The summed E-state index contributed by atoms with van der Waals surface area (Å²) in [6, 6.07) is 0. The highest BCUT2D eigenvalue weighted by atomic mass is 79.9. The molecule has 0 radical (unpaired) electrons. The molecule has 0 aliphatic rings. The molecule has 0 spiro atoms. The molecular weight excluding hydrogens is 568 g/mol. The molecule has 0 bridgehead atoms. The topological polar surface area (TPSA) is 77.5 Å². The fourth-order valence-corrected chi connectivity index (χ4v) is 3.73. The molecule has 0 aromatic carbocycles. The number of allylic oxidation sites excluding steroid dienone is 8. The van der Waals surface area contributed by atoms with Gasteiger partial charge in [0.25, 0.3) is 0 Å². The van der Waals surface area contributed by atoms with Crippen LogP contribution in [0.3, 0.4) is 0 Å². The van der Waals surface area contributed by atoms with E-state index in [4.69, 9.17) is 3.63 Å². The largest absolute Gasteiger partial charge is 0.294 e. The summed E-state index contributed by atoms with van der Waals surface area (Å²) in [6.07, 6.45) is 19.1. The van der Waals surface area contributed by atoms with E-state index in [2.05, 4.69) is 44.0 Å². The van der Waals surface area contributed by atoms with Crippen LogP contribution in [0.5, 0.6) is 0 Å². The molecule has 0 fully saturated rings. The number of hydrogen-bond donors (Lipinski definition) is 0. The molecule has 0 heterocycles. The predicted molar refractivity (Wildman–Crippen MR) is 137 cm³/mol. The summed E-state index contributed by atoms with van der Waals surface area (Å²) >= 11 is 7.48. The summed E-state index contributed by atoms with van der Waals surface area (Å²) in [5, 5.41) is 0.679. The summed E-state index contributed by atoms with van der Waals surface area (Å²) in [5.74, 6) is -0.618. The molecule has 0 unspecified atom stereocenters. The second kappa shape index (κ2) is 22.5. The van der Waals surface area contributed by atoms with Crippen LogP contribution in [0, 0.1) is 0 Å². The van der Waals surface area contributed by atoms with Crippen molar-refractivity contribution in [2.24, 2.45) is 0 Å². The molecule has 5 nitrogen and oxygen atoms in total. The highest BCUT2D eigenvalue weighted by Crippen LogP contribution is 2.19. The normalized spacial score (nSPS) is 11.9. The Bertz CT molecular complexity index is 617. The van der Waals surface area contributed by atoms with Gasteiger partial charge in [0.15, 0.2) is 11.6 Å². The molecule has 0 aromatic rings. The second-order valence-electron chi connectivity index (χ2n) is 6.18. The number of hydrogen-bond acceptors (Lipinski definition) is 7. The van der Waals surface area contributed by atoms with Crippen molar-refractivity contribution < 1.29 is 22.8 Å². The van der Waals surface area contributed by atoms with Crippen LogP contribution in [-0.2, 0) is 22.8 Å². The van der Waals surface area contributed by atoms with E-state index < -0.39 is 10.2 Å². The van der Waals surface area contributed by atoms with Gasteiger partial charge < -0.3 is 0 Å². The van der Waals surface area contributed by atoms with Crippen molar-refractivity contribution in [3.63, 3.8) is 0 Å². The molecule has 9 heteroatoms. The van der Waals surface area contributed by atoms with Gasteiger partial charge in [0.05, 0.1) is 36.9 Å². The minimum absolute atomic E-state index is 0.300. The van der Waals surface area contributed by atoms with Gasteiger partial charge in [-0.2, -0.15) is 0 Å². The number of carbonyl (C=O) groups excluding carboxylic acids is 4. The highest BCUT2D eigenvalue weighted by molar-refractivity contribution is 9.09. The lowest BCUT2D eigenvalue weighted by Gasteiger charge is -1.98. The SMILES string of the molecule is O=C(/C=C/CCC/C=C/CBr)CC(=O)SOSC(=O)CC(=O)/C=C/CCC/C=C/CBr. The van der Waals surface area contributed by atoms with Crippen LogP contribution in [0.4, 0.5) is 0 Å². The molecule has 0 saturated carbocycles. The van der Waals surface area contributed by atoms with Crippen molar-refractivity contribution in [1.82, 2.24) is 0 Å². The molecule has 0 aromatic heterocycles. The Morgan fingerprint density at radius 3 is 1.39 bits per heavy atom. The first kappa shape index (κ1) is 30.3. The monoisotopic (exact) mass is 594 g/mol. The quantitative estimate of drug-likeness (QED) is 0.0439. The molecule has 172 valence electrons. The van der Waals surface area contributed by atoms with Gasteiger partial charge in [-0.25, -0.2) is 3.63 Å². The molecule has 0 saturated heterocycles. The van der Waals surface area contributed by atoms with Crippen LogP contribution in [-0.4, -0.2) is 32.5 Å². The minimum Gasteiger partial charge on any atom is -0.294 e. The molecule has 31 heavy (non-hydrogen) atoms. The second-order valence-corrected chi connectivity index (χ2v) is 9.27. The van der Waals surface area contributed by atoms with Crippen LogP contribution in [0.15, 0.2) is 48.6 Å². The van der Waals surface area contributed by atoms with Gasteiger partial charge in [0.1, 0.15) is 0 Å². The van der Waals surface area contributed by atoms with Crippen molar-refractivity contribution >= 4 is 77.7 Å². The zero-order valence-corrected chi connectivity index (χ0v) is 22.1. The van der Waals surface area contributed by atoms with Gasteiger partial charge in [0, 0.05) is 10.7 Å². The summed E-state index contributed by atoms with van der Waals surface area (Å²) < 4.78 is 4.88. The molecule has 0 amide bonds. The first-order chi connectivity index (χ1) is 15.0. The summed E-state index contributed by atoms with van der Waals surface area (Å²) in [6.45, 7) is 0. The number of carbonyl (C=O) groups is 4. The van der Waals surface area contributed by atoms with E-state index in [-0.39, 0.29) is 24.4 Å². The van der Waals surface area contributed by atoms with E-state index >= 15 is 0 Å². The van der Waals surface area contributed by atoms with E-state index in [1.165, 1.54) is 12.2 Å². The van der Waals surface area contributed by atoms with Gasteiger partial charge in [-0.05, 0) is 50.7 Å². The smallest absolute Gasteiger partial charge is 0.224 e. The Hall–Kier alpha value is -0.740. The number of alkyl halides is 2. The van der Waals surface area contributed by atoms with Gasteiger partial charge in [-0.15, -0.1) is 0 Å². The van der Waals surface area contributed by atoms with Crippen LogP contribution in [0.2, 0.25) is 0 Å². The Balaban J connectivity index is 3.86. The zero-order valence-electron chi connectivity index (χ0n) is 17.3. The standard InChI is InChI=1S/C22H28Br2O5S2/c23-15-11-7-3-1-5-9-13-19(25)17-21(27)30-29-31-22(28)18-20(26)14-10-6-2-4-8-12-16-24/h7-14H,1-6,15-18H2/b11-7+,12-8+,13-9+,14-10+. The van der Waals surface area contributed by atoms with E-state index in [1.54, 1.807) is 12.2 Å². The lowest BCUT2D eigenvalue weighted by molar-refractivity contribution is -0.121. The molecular formula is C22H28Br2O5S2.